The smallest absolute Gasteiger partial charge is 0.337 e. The number of likely N-dealkylation sites (tertiary alicyclic amines) is 1. The fraction of sp³-hybridized carbons (Fsp3) is 0.273. The molecule has 1 amide bonds. The number of anilines is 2. The van der Waals surface area contributed by atoms with Gasteiger partial charge in [-0.2, -0.15) is 18.3 Å². The molecule has 0 saturated carbocycles. The van der Waals surface area contributed by atoms with Crippen molar-refractivity contribution >= 4 is 34.7 Å². The third-order valence-electron chi connectivity index (χ3n) is 6.41. The number of benzene rings is 1. The van der Waals surface area contributed by atoms with Crippen LogP contribution >= 0.6 is 11.6 Å². The number of rotatable bonds is 4. The van der Waals surface area contributed by atoms with Crippen molar-refractivity contribution in [2.24, 2.45) is 5.41 Å². The van der Waals surface area contributed by atoms with E-state index in [1.54, 1.807) is 23.1 Å². The van der Waals surface area contributed by atoms with Gasteiger partial charge < -0.3 is 15.5 Å². The Morgan fingerprint density at radius 1 is 1.20 bits per heavy atom. The number of hydrogen-bond donors (Lipinski definition) is 3. The molecule has 2 fully saturated rings. The number of halogens is 4. The Kier molecular flexibility index (Phi) is 4.80. The maximum absolute atomic E-state index is 13.3. The quantitative estimate of drug-likeness (QED) is 0.394. The van der Waals surface area contributed by atoms with Gasteiger partial charge in [-0.1, -0.05) is 11.6 Å². The molecule has 180 valence electrons. The molecule has 2 aliphatic heterocycles. The second-order valence-corrected chi connectivity index (χ2v) is 9.25. The third kappa shape index (κ3) is 3.60. The maximum Gasteiger partial charge on any atom is 0.435 e. The zero-order valence-corrected chi connectivity index (χ0v) is 18.8. The molecule has 0 radical (unpaired) electrons. The van der Waals surface area contributed by atoms with Crippen LogP contribution in [0.5, 0.6) is 0 Å². The van der Waals surface area contributed by atoms with Crippen LogP contribution in [0.3, 0.4) is 0 Å². The number of H-pyrrole nitrogens is 1. The normalized spacial score (nSPS) is 16.9. The minimum Gasteiger partial charge on any atom is -0.337 e. The summed E-state index contributed by atoms with van der Waals surface area (Å²) in [6.45, 7) is 3.30. The molecule has 1 aromatic carbocycles. The lowest BCUT2D eigenvalue weighted by atomic mass is 9.74. The van der Waals surface area contributed by atoms with Crippen molar-refractivity contribution in [1.29, 1.82) is 0 Å². The Morgan fingerprint density at radius 2 is 2.00 bits per heavy atom. The van der Waals surface area contributed by atoms with Gasteiger partial charge in [-0.25, -0.2) is 9.97 Å². The van der Waals surface area contributed by atoms with Crippen LogP contribution in [0, 0.1) is 5.41 Å². The lowest BCUT2D eigenvalue weighted by Crippen LogP contribution is -2.71. The Morgan fingerprint density at radius 3 is 2.69 bits per heavy atom. The number of nitrogens with one attached hydrogen (secondary N) is 3. The first-order valence-corrected chi connectivity index (χ1v) is 11.1. The zero-order chi connectivity index (χ0) is 24.4. The van der Waals surface area contributed by atoms with Gasteiger partial charge in [0.25, 0.3) is 5.91 Å². The molecule has 0 bridgehead atoms. The standard InChI is InChI=1S/C22H18ClF3N8O/c23-15-5-12(1-2-13(15)20(35)33-10-21(11-33)8-27-9-21)31-18-19-29-7-16(34(19)4-3-28-18)14-6-30-32-17(14)22(24,25)26/h1-7,27H,8-11H2,(H,28,31)(H,30,32). The highest BCUT2D eigenvalue weighted by Crippen LogP contribution is 2.37. The number of imidazole rings is 1. The molecular weight excluding hydrogens is 485 g/mol. The summed E-state index contributed by atoms with van der Waals surface area (Å²) in [7, 11) is 0. The van der Waals surface area contributed by atoms with Crippen molar-refractivity contribution in [2.45, 2.75) is 6.18 Å². The highest BCUT2D eigenvalue weighted by molar-refractivity contribution is 6.34. The van der Waals surface area contributed by atoms with Crippen LogP contribution in [0.4, 0.5) is 24.7 Å². The molecule has 9 nitrogen and oxygen atoms in total. The second-order valence-electron chi connectivity index (χ2n) is 8.84. The van der Waals surface area contributed by atoms with Gasteiger partial charge in [-0.3, -0.25) is 14.3 Å². The van der Waals surface area contributed by atoms with E-state index in [2.05, 4.69) is 30.8 Å². The van der Waals surface area contributed by atoms with E-state index in [1.807, 2.05) is 0 Å². The molecule has 0 aliphatic carbocycles. The number of aromatic amines is 1. The number of amides is 1. The van der Waals surface area contributed by atoms with E-state index in [-0.39, 0.29) is 27.6 Å². The molecule has 2 saturated heterocycles. The molecule has 0 atom stereocenters. The number of carbonyl (C=O) groups is 1. The topological polar surface area (TPSA) is 103 Å². The van der Waals surface area contributed by atoms with Gasteiger partial charge in [-0.05, 0) is 18.2 Å². The van der Waals surface area contributed by atoms with E-state index < -0.39 is 11.9 Å². The van der Waals surface area contributed by atoms with Crippen molar-refractivity contribution in [2.75, 3.05) is 31.5 Å². The Labute approximate surface area is 201 Å². The zero-order valence-electron chi connectivity index (χ0n) is 18.0. The Bertz CT molecular complexity index is 1450. The molecule has 13 heteroatoms. The number of fused-ring (bicyclic) bond motifs is 1. The SMILES string of the molecule is O=C(c1ccc(Nc2nccn3c(-c4c[nH]nc4C(F)(F)F)cnc23)cc1Cl)N1CC2(CNC2)C1. The lowest BCUT2D eigenvalue weighted by molar-refractivity contribution is -0.140. The highest BCUT2D eigenvalue weighted by Gasteiger charge is 2.49. The van der Waals surface area contributed by atoms with Gasteiger partial charge in [-0.15, -0.1) is 0 Å². The van der Waals surface area contributed by atoms with Crippen molar-refractivity contribution in [3.05, 3.63) is 59.3 Å². The van der Waals surface area contributed by atoms with E-state index in [9.17, 15) is 18.0 Å². The summed E-state index contributed by atoms with van der Waals surface area (Å²) in [5, 5.41) is 12.2. The third-order valence-corrected chi connectivity index (χ3v) is 6.73. The minimum absolute atomic E-state index is 0.113. The Balaban J connectivity index is 1.26. The number of alkyl halides is 3. The van der Waals surface area contributed by atoms with Crippen molar-refractivity contribution in [3.63, 3.8) is 0 Å². The van der Waals surface area contributed by atoms with E-state index >= 15 is 0 Å². The van der Waals surface area contributed by atoms with Crippen molar-refractivity contribution in [1.82, 2.24) is 34.8 Å². The molecule has 2 aliphatic rings. The van der Waals surface area contributed by atoms with E-state index in [4.69, 9.17) is 11.6 Å². The second kappa shape index (κ2) is 7.68. The molecule has 35 heavy (non-hydrogen) atoms. The van der Waals surface area contributed by atoms with Crippen LogP contribution in [0.2, 0.25) is 5.02 Å². The molecule has 6 rings (SSSR count). The first-order chi connectivity index (χ1) is 16.7. The van der Waals surface area contributed by atoms with Gasteiger partial charge in [0.05, 0.1) is 28.0 Å². The summed E-state index contributed by atoms with van der Waals surface area (Å²) in [4.78, 5) is 23.1. The minimum atomic E-state index is -4.62. The van der Waals surface area contributed by atoms with Gasteiger partial charge in [0.2, 0.25) is 0 Å². The fourth-order valence-electron chi connectivity index (χ4n) is 4.59. The summed E-state index contributed by atoms with van der Waals surface area (Å²) in [5.74, 6) is 0.200. The number of carbonyl (C=O) groups excluding carboxylic acids is 1. The monoisotopic (exact) mass is 502 g/mol. The molecule has 3 aromatic heterocycles. The summed E-state index contributed by atoms with van der Waals surface area (Å²) >= 11 is 6.43. The van der Waals surface area contributed by atoms with Crippen molar-refractivity contribution in [3.8, 4) is 11.3 Å². The largest absolute Gasteiger partial charge is 0.435 e. The lowest BCUT2D eigenvalue weighted by Gasteiger charge is -2.56. The first kappa shape index (κ1) is 21.9. The average Bonchev–Trinajstić information content (AvgIpc) is 3.39. The maximum atomic E-state index is 13.3. The van der Waals surface area contributed by atoms with Gasteiger partial charge >= 0.3 is 6.18 Å². The predicted octanol–water partition coefficient (Wildman–Crippen LogP) is 3.58. The van der Waals surface area contributed by atoms with E-state index in [0.29, 0.717) is 22.7 Å². The van der Waals surface area contributed by atoms with Crippen molar-refractivity contribution < 1.29 is 18.0 Å². The van der Waals surface area contributed by atoms with Crippen LogP contribution in [-0.2, 0) is 6.18 Å². The van der Waals surface area contributed by atoms with Gasteiger partial charge in [0.15, 0.2) is 17.2 Å². The van der Waals surface area contributed by atoms with E-state index in [0.717, 1.165) is 26.2 Å². The molecule has 3 N–H and O–H groups in total. The highest BCUT2D eigenvalue weighted by atomic mass is 35.5. The number of hydrogen-bond acceptors (Lipinski definition) is 6. The predicted molar refractivity (Wildman–Crippen MR) is 122 cm³/mol. The number of aromatic nitrogens is 5. The summed E-state index contributed by atoms with van der Waals surface area (Å²) in [6, 6.07) is 4.96. The van der Waals surface area contributed by atoms with Crippen LogP contribution in [0.15, 0.2) is 43.0 Å². The van der Waals surface area contributed by atoms with Gasteiger partial charge in [0, 0.05) is 55.9 Å². The van der Waals surface area contributed by atoms with Crippen LogP contribution < -0.4 is 10.6 Å². The van der Waals surface area contributed by atoms with Crippen LogP contribution in [-0.4, -0.2) is 61.6 Å². The fourth-order valence-corrected chi connectivity index (χ4v) is 4.85. The summed E-state index contributed by atoms with van der Waals surface area (Å²) < 4.78 is 41.5. The molecule has 4 aromatic rings. The molecular formula is C22H18ClF3N8O. The summed E-state index contributed by atoms with van der Waals surface area (Å²) in [5.41, 5.74) is 0.548. The van der Waals surface area contributed by atoms with Gasteiger partial charge in [0.1, 0.15) is 0 Å². The van der Waals surface area contributed by atoms with E-state index in [1.165, 1.54) is 29.2 Å². The Hall–Kier alpha value is -3.64. The van der Waals surface area contributed by atoms with Crippen LogP contribution in [0.1, 0.15) is 16.1 Å². The molecule has 5 heterocycles. The number of nitrogens with zero attached hydrogens (tertiary/aromatic N) is 5. The first-order valence-electron chi connectivity index (χ1n) is 10.7. The molecule has 1 spiro atoms. The summed E-state index contributed by atoms with van der Waals surface area (Å²) in [6.07, 6.45) is 0.852. The molecule has 0 unspecified atom stereocenters. The van der Waals surface area contributed by atoms with Crippen LogP contribution in [0.25, 0.3) is 16.9 Å². The average molecular weight is 503 g/mol.